The second kappa shape index (κ2) is 29.7. The Morgan fingerprint density at radius 1 is 0.592 bits per heavy atom. The summed E-state index contributed by atoms with van der Waals surface area (Å²) < 4.78 is 53.7. The Kier molecular flexibility index (Phi) is 22.4. The van der Waals surface area contributed by atoms with Crippen LogP contribution in [0.2, 0.25) is 20.4 Å². The van der Waals surface area contributed by atoms with Gasteiger partial charge in [0.25, 0.3) is 0 Å². The van der Waals surface area contributed by atoms with Gasteiger partial charge in [-0.05, 0) is 202 Å². The fraction of sp³-hybridized carbons (Fsp3) is 0.616. The third-order valence-corrected chi connectivity index (χ3v) is 24.8. The fourth-order valence-electron chi connectivity index (χ4n) is 18.6. The Hall–Kier alpha value is -5.13. The molecule has 14 rings (SSSR count). The molecule has 18 nitrogen and oxygen atoms in total. The van der Waals surface area contributed by atoms with E-state index in [9.17, 15) is 33.9 Å². The van der Waals surface area contributed by atoms with E-state index in [2.05, 4.69) is 58.9 Å². The maximum absolute atomic E-state index is 16.2. The molecule has 4 aromatic rings. The highest BCUT2D eigenvalue weighted by Crippen LogP contribution is 2.74. The molecule has 532 valence electrons. The number of benzene rings is 2. The number of nitrogens with one attached hydrogen (secondary N) is 4. The Labute approximate surface area is 597 Å². The zero-order valence-corrected chi connectivity index (χ0v) is 59.7. The number of carbonyl (C=O) groups is 6. The molecule has 2 aromatic carbocycles. The number of hydrogen-bond donors (Lipinski definition) is 6. The second-order valence-corrected chi connectivity index (χ2v) is 32.2. The van der Waals surface area contributed by atoms with Crippen LogP contribution < -0.4 is 27.0 Å². The molecule has 4 saturated carbocycles. The number of pyridine rings is 2. The lowest BCUT2D eigenvalue weighted by molar-refractivity contribution is -0.142. The molecule has 98 heavy (non-hydrogen) atoms. The Morgan fingerprint density at radius 3 is 1.42 bits per heavy atom. The predicted molar refractivity (Wildman–Crippen MR) is 371 cm³/mol. The molecule has 4 spiro atoms. The van der Waals surface area contributed by atoms with E-state index in [0.29, 0.717) is 78.9 Å². The van der Waals surface area contributed by atoms with Crippen molar-refractivity contribution in [2.24, 2.45) is 45.1 Å². The lowest BCUT2D eigenvalue weighted by Crippen LogP contribution is -2.52. The van der Waals surface area contributed by atoms with Gasteiger partial charge in [-0.1, -0.05) is 86.2 Å². The molecule has 10 aliphatic rings. The van der Waals surface area contributed by atoms with Gasteiger partial charge in [0.2, 0.25) is 23.6 Å². The summed E-state index contributed by atoms with van der Waals surface area (Å²) in [4.78, 5) is 88.6. The first-order chi connectivity index (χ1) is 46.2. The summed E-state index contributed by atoms with van der Waals surface area (Å²) >= 11 is 25.0. The SMILES string of the molecule is CC1(C)CCC2(CC1)C[C@@H](C(=O)C[C@@H]1CC[C@@H](C(=O)NC3CCOCC3)OC1)[C@H](c1ccnc(Cl)c1F)[C@]21C(=O)Nc2cc(Cl)ccc21.CC1(C)CCC2(CC1)C[C@@H](C(=O)O)[C@H](c1ccnc(Cl)c1F)[C@]21C(=O)Nc2cc(Cl)ccc21.Cl.N[C@@H]1CC[C@@H](C(=O)NC2CCOCC2)OC1. The number of anilines is 2. The number of fused-ring (bicyclic) bond motifs is 6. The van der Waals surface area contributed by atoms with Crippen molar-refractivity contribution in [3.63, 3.8) is 0 Å². The number of ketones is 1. The van der Waals surface area contributed by atoms with E-state index in [1.165, 1.54) is 18.5 Å². The molecule has 0 radical (unpaired) electrons. The van der Waals surface area contributed by atoms with Crippen LogP contribution in [-0.2, 0) is 58.5 Å². The van der Waals surface area contributed by atoms with Gasteiger partial charge in [-0.15, -0.1) is 12.4 Å². The summed E-state index contributed by atoms with van der Waals surface area (Å²) in [7, 11) is 0. The van der Waals surface area contributed by atoms with Crippen LogP contribution >= 0.6 is 58.8 Å². The van der Waals surface area contributed by atoms with Gasteiger partial charge in [-0.2, -0.15) is 0 Å². The van der Waals surface area contributed by atoms with Crippen LogP contribution in [0.15, 0.2) is 60.9 Å². The molecule has 8 fully saturated rings. The first kappa shape index (κ1) is 74.1. The topological polar surface area (TPSA) is 259 Å². The Balaban J connectivity index is 0.000000167. The maximum Gasteiger partial charge on any atom is 0.307 e. The smallest absolute Gasteiger partial charge is 0.307 e. The number of nitrogens with zero attached hydrogens (tertiary/aromatic N) is 2. The average Bonchev–Trinajstić information content (AvgIpc) is 1.51. The van der Waals surface area contributed by atoms with Crippen LogP contribution in [0.4, 0.5) is 20.2 Å². The maximum atomic E-state index is 16.2. The minimum atomic E-state index is -1.25. The predicted octanol–water partition coefficient (Wildman–Crippen LogP) is 13.6. The number of nitrogens with two attached hydrogens (primary N) is 1. The number of carboxylic acid groups (broad SMARTS) is 1. The monoisotopic (exact) mass is 1450 g/mol. The number of carboxylic acids is 1. The van der Waals surface area contributed by atoms with E-state index in [-0.39, 0.29) is 124 Å². The van der Waals surface area contributed by atoms with Crippen LogP contribution in [0.1, 0.15) is 184 Å². The van der Waals surface area contributed by atoms with Crippen molar-refractivity contribution in [2.75, 3.05) is 50.3 Å². The number of hydrogen-bond acceptors (Lipinski definition) is 13. The van der Waals surface area contributed by atoms with Crippen molar-refractivity contribution < 1.29 is 61.6 Å². The average molecular weight is 1460 g/mol. The van der Waals surface area contributed by atoms with E-state index in [4.69, 9.17) is 71.1 Å². The third-order valence-electron chi connectivity index (χ3n) is 23.8. The minimum absolute atomic E-state index is 0. The van der Waals surface area contributed by atoms with E-state index in [1.807, 2.05) is 6.07 Å². The number of aliphatic carboxylic acids is 1. The highest BCUT2D eigenvalue weighted by Gasteiger charge is 2.74. The summed E-state index contributed by atoms with van der Waals surface area (Å²) in [6.45, 7) is 12.4. The summed E-state index contributed by atoms with van der Waals surface area (Å²) in [6, 6.07) is 14.1. The van der Waals surface area contributed by atoms with E-state index in [1.54, 1.807) is 36.4 Å². The number of carbonyl (C=O) groups excluding carboxylic acids is 5. The van der Waals surface area contributed by atoms with Gasteiger partial charge in [-0.3, -0.25) is 28.8 Å². The van der Waals surface area contributed by atoms with Crippen LogP contribution in [0, 0.1) is 51.0 Å². The number of ether oxygens (including phenoxy) is 4. The number of rotatable bonds is 10. The van der Waals surface area contributed by atoms with Crippen LogP contribution in [-0.4, -0.2) is 120 Å². The van der Waals surface area contributed by atoms with Gasteiger partial charge < -0.3 is 51.1 Å². The summed E-state index contributed by atoms with van der Waals surface area (Å²) in [5.41, 5.74) is 5.21. The highest BCUT2D eigenvalue weighted by atomic mass is 35.5. The van der Waals surface area contributed by atoms with E-state index in [0.717, 1.165) is 95.8 Å². The van der Waals surface area contributed by atoms with Crippen molar-refractivity contribution in [1.82, 2.24) is 20.6 Å². The Bertz CT molecular complexity index is 3650. The summed E-state index contributed by atoms with van der Waals surface area (Å²) in [5.74, 6) is -6.51. The largest absolute Gasteiger partial charge is 0.481 e. The minimum Gasteiger partial charge on any atom is -0.481 e. The van der Waals surface area contributed by atoms with Gasteiger partial charge in [0.15, 0.2) is 21.9 Å². The number of amides is 4. The molecule has 4 amide bonds. The first-order valence-electron chi connectivity index (χ1n) is 34.6. The van der Waals surface area contributed by atoms with Gasteiger partial charge >= 0.3 is 5.97 Å². The third kappa shape index (κ3) is 14.0. The number of Topliss-reactive ketones (excluding diaryl/α,β-unsaturated/α-hetero) is 1. The van der Waals surface area contributed by atoms with Gasteiger partial charge in [0.1, 0.15) is 18.0 Å². The highest BCUT2D eigenvalue weighted by molar-refractivity contribution is 6.32. The summed E-state index contributed by atoms with van der Waals surface area (Å²) in [6.07, 6.45) is 15.4. The molecular weight excluding hydrogens is 1370 g/mol. The van der Waals surface area contributed by atoms with E-state index < -0.39 is 69.0 Å². The lowest BCUT2D eigenvalue weighted by Gasteiger charge is -2.51. The zero-order valence-electron chi connectivity index (χ0n) is 55.9. The van der Waals surface area contributed by atoms with Crippen LogP contribution in [0.5, 0.6) is 0 Å². The van der Waals surface area contributed by atoms with Crippen LogP contribution in [0.25, 0.3) is 0 Å². The van der Waals surface area contributed by atoms with Gasteiger partial charge in [0.05, 0.1) is 30.0 Å². The normalized spacial score (nSPS) is 30.4. The van der Waals surface area contributed by atoms with E-state index >= 15 is 8.78 Å². The molecule has 8 heterocycles. The van der Waals surface area contributed by atoms with Gasteiger partial charge in [0, 0.05) is 103 Å². The molecule has 6 aliphatic heterocycles. The first-order valence-corrected chi connectivity index (χ1v) is 36.1. The van der Waals surface area contributed by atoms with Crippen molar-refractivity contribution >= 4 is 106 Å². The standard InChI is InChI=1S/C37H44Cl2FN3O5.C25H25Cl2FN2O3.C11H20N2O3.ClH/c1-35(2)10-12-36(13-11-35)19-25(28(44)17-21-3-6-29(48-20-21)33(45)42-23-8-15-47-16-9-23)30(24-7-14-41-32(39)31(24)40)37(36)26-5-4-22(38)18-27(26)43-34(37)46;1-23(2)6-8-24(9-7-23)12-15(21(31)32)18(14-5-10-29-20(27)19(14)28)25(24)16-4-3-13(26)11-17(16)30-22(25)33;12-8-1-2-10(16-7-8)11(14)13-9-3-5-15-6-4-9;/h4-5,7,14,18,21,23,25,29-30H,3,6,8-13,15-17,19-20H2,1-2H3,(H,42,45)(H,43,46);3-5,10-11,15,18H,6-9,12H2,1-2H3,(H,30,33)(H,31,32);8-10H,1-7,12H2,(H,13,14);1H/t21-,25-,29-,30-,37+;15-,18+,25-;8-,10+;/m011./s1. The van der Waals surface area contributed by atoms with Gasteiger partial charge in [-0.25, -0.2) is 18.7 Å². The number of aromatic nitrogens is 2. The zero-order chi connectivity index (χ0) is 69.0. The Morgan fingerprint density at radius 2 is 1.01 bits per heavy atom. The fourth-order valence-corrected chi connectivity index (χ4v) is 19.3. The molecule has 0 bridgehead atoms. The molecule has 7 N–H and O–H groups in total. The molecule has 2 aromatic heterocycles. The summed E-state index contributed by atoms with van der Waals surface area (Å²) in [5, 5.41) is 22.9. The quantitative estimate of drug-likeness (QED) is 0.0807. The van der Waals surface area contributed by atoms with Crippen molar-refractivity contribution in [1.29, 1.82) is 0 Å². The molecule has 4 saturated heterocycles. The molecule has 25 heteroatoms. The van der Waals surface area contributed by atoms with Crippen molar-refractivity contribution in [2.45, 2.75) is 203 Å². The number of halogens is 7. The lowest BCUT2D eigenvalue weighted by atomic mass is 9.51. The second-order valence-electron chi connectivity index (χ2n) is 30.6. The van der Waals surface area contributed by atoms with Crippen LogP contribution in [0.3, 0.4) is 0 Å². The molecule has 4 aliphatic carbocycles. The molecule has 0 unspecified atom stereocenters. The van der Waals surface area contributed by atoms with Crippen molar-refractivity contribution in [3.8, 4) is 0 Å². The van der Waals surface area contributed by atoms with Crippen molar-refractivity contribution in [3.05, 3.63) is 115 Å². The molecular formula is C73H90Cl5F2N7O11. The molecule has 10 atom stereocenters.